The van der Waals surface area contributed by atoms with Crippen LogP contribution in [0, 0.1) is 0 Å². The second-order valence-corrected chi connectivity index (χ2v) is 11.8. The summed E-state index contributed by atoms with van der Waals surface area (Å²) < 4.78 is 2.27. The fourth-order valence-corrected chi connectivity index (χ4v) is 6.51. The topological polar surface area (TPSA) is 42.2 Å². The highest BCUT2D eigenvalue weighted by atomic mass is 15.1. The van der Waals surface area contributed by atoms with Crippen molar-refractivity contribution in [3.8, 4) is 27.9 Å². The van der Waals surface area contributed by atoms with Gasteiger partial charge in [0.2, 0.25) is 0 Å². The van der Waals surface area contributed by atoms with Crippen molar-refractivity contribution < 1.29 is 0 Å². The zero-order valence-electron chi connectivity index (χ0n) is 26.2. The third-order valence-corrected chi connectivity index (χ3v) is 8.84. The Balaban J connectivity index is 1.16. The summed E-state index contributed by atoms with van der Waals surface area (Å²) in [5.74, 6) is 1.94. The molecule has 4 nitrogen and oxygen atoms in total. The number of hydrogen-bond donors (Lipinski definition) is 1. The normalized spacial score (nSPS) is 14.4. The van der Waals surface area contributed by atoms with Gasteiger partial charge in [0.15, 0.2) is 0 Å². The van der Waals surface area contributed by atoms with Gasteiger partial charge in [-0.2, -0.15) is 0 Å². The van der Waals surface area contributed by atoms with Gasteiger partial charge in [-0.25, -0.2) is 4.98 Å². The first kappa shape index (κ1) is 28.5. The highest BCUT2D eigenvalue weighted by molar-refractivity contribution is 6.05. The van der Waals surface area contributed by atoms with Gasteiger partial charge in [0.05, 0.1) is 17.1 Å². The SMILES string of the molecule is CCc1nc2ccccc2n1-c1ccc(-c2cccc(-c3ccccc3C3C=C(c4ccccc4)NC(c4ccccc4)=N3)c2)cc1. The van der Waals surface area contributed by atoms with E-state index in [1.807, 2.05) is 12.1 Å². The number of para-hydroxylation sites is 2. The van der Waals surface area contributed by atoms with Crippen LogP contribution in [-0.2, 0) is 6.42 Å². The molecule has 0 fully saturated rings. The number of nitrogens with zero attached hydrogens (tertiary/aromatic N) is 3. The fraction of sp³-hybridized carbons (Fsp3) is 0.0698. The predicted octanol–water partition coefficient (Wildman–Crippen LogP) is 10.1. The van der Waals surface area contributed by atoms with Crippen LogP contribution in [-0.4, -0.2) is 15.4 Å². The van der Waals surface area contributed by atoms with Crippen LogP contribution in [0.1, 0.15) is 35.5 Å². The highest BCUT2D eigenvalue weighted by Gasteiger charge is 2.22. The number of amidine groups is 1. The first-order chi connectivity index (χ1) is 23.2. The van der Waals surface area contributed by atoms with Crippen LogP contribution in [0.4, 0.5) is 0 Å². The fourth-order valence-electron chi connectivity index (χ4n) is 6.51. The lowest BCUT2D eigenvalue weighted by Gasteiger charge is -2.24. The molecule has 8 rings (SSSR count). The Bertz CT molecular complexity index is 2190. The van der Waals surface area contributed by atoms with E-state index in [0.717, 1.165) is 51.6 Å². The van der Waals surface area contributed by atoms with E-state index in [-0.39, 0.29) is 6.04 Å². The van der Waals surface area contributed by atoms with Crippen molar-refractivity contribution in [3.05, 3.63) is 186 Å². The molecule has 47 heavy (non-hydrogen) atoms. The van der Waals surface area contributed by atoms with Crippen molar-refractivity contribution in [2.45, 2.75) is 19.4 Å². The molecule has 226 valence electrons. The third-order valence-electron chi connectivity index (χ3n) is 8.84. The van der Waals surface area contributed by atoms with Crippen molar-refractivity contribution in [2.24, 2.45) is 4.99 Å². The average Bonchev–Trinajstić information content (AvgIpc) is 3.54. The number of aliphatic imine (C=N–C) groups is 1. The smallest absolute Gasteiger partial charge is 0.133 e. The van der Waals surface area contributed by atoms with E-state index >= 15 is 0 Å². The molecule has 0 saturated heterocycles. The zero-order valence-corrected chi connectivity index (χ0v) is 26.2. The Labute approximate surface area is 275 Å². The van der Waals surface area contributed by atoms with Gasteiger partial charge in [0.1, 0.15) is 11.7 Å². The van der Waals surface area contributed by atoms with Gasteiger partial charge in [-0.1, -0.05) is 134 Å². The van der Waals surface area contributed by atoms with Gasteiger partial charge in [0.25, 0.3) is 0 Å². The Morgan fingerprint density at radius 1 is 0.596 bits per heavy atom. The molecule has 1 atom stereocenters. The molecule has 1 N–H and O–H groups in total. The molecule has 7 aromatic rings. The maximum atomic E-state index is 5.26. The van der Waals surface area contributed by atoms with Crippen LogP contribution >= 0.6 is 0 Å². The number of aromatic nitrogens is 2. The zero-order chi connectivity index (χ0) is 31.6. The monoisotopic (exact) mass is 606 g/mol. The molecule has 0 spiro atoms. The lowest BCUT2D eigenvalue weighted by molar-refractivity contribution is 0.882. The lowest BCUT2D eigenvalue weighted by Crippen LogP contribution is -2.27. The van der Waals surface area contributed by atoms with Gasteiger partial charge < -0.3 is 5.32 Å². The molecule has 0 bridgehead atoms. The van der Waals surface area contributed by atoms with E-state index in [1.54, 1.807) is 0 Å². The minimum absolute atomic E-state index is 0.154. The first-order valence-electron chi connectivity index (χ1n) is 16.2. The van der Waals surface area contributed by atoms with Crippen molar-refractivity contribution in [1.29, 1.82) is 0 Å². The molecule has 0 amide bonds. The van der Waals surface area contributed by atoms with Gasteiger partial charge in [-0.05, 0) is 69.8 Å². The Hall–Kier alpha value is -6.00. The van der Waals surface area contributed by atoms with E-state index < -0.39 is 0 Å². The molecule has 0 saturated carbocycles. The summed E-state index contributed by atoms with van der Waals surface area (Å²) >= 11 is 0. The molecule has 1 aromatic heterocycles. The molecule has 0 radical (unpaired) electrons. The minimum Gasteiger partial charge on any atom is -0.340 e. The lowest BCUT2D eigenvalue weighted by atomic mass is 9.91. The molecule has 1 aliphatic heterocycles. The van der Waals surface area contributed by atoms with E-state index in [4.69, 9.17) is 9.98 Å². The van der Waals surface area contributed by atoms with Crippen LogP contribution in [0.25, 0.3) is 44.7 Å². The van der Waals surface area contributed by atoms with Gasteiger partial charge in [-0.15, -0.1) is 0 Å². The van der Waals surface area contributed by atoms with E-state index in [1.165, 1.54) is 27.8 Å². The minimum atomic E-state index is -0.154. The van der Waals surface area contributed by atoms with Crippen LogP contribution in [0.5, 0.6) is 0 Å². The predicted molar refractivity (Wildman–Crippen MR) is 195 cm³/mol. The number of nitrogens with one attached hydrogen (secondary N) is 1. The number of rotatable bonds is 7. The van der Waals surface area contributed by atoms with Gasteiger partial charge in [-0.3, -0.25) is 9.56 Å². The standard InChI is InChI=1S/C43H34N4/c1-2-42-44-38-22-11-12-23-41(38)47(42)35-26-24-30(25-27-35)33-18-13-19-34(28-33)36-20-9-10-21-37(36)40-29-39(31-14-5-3-6-15-31)45-43(46-40)32-16-7-4-8-17-32/h3-29,40H,2H2,1H3,(H,45,46). The summed E-state index contributed by atoms with van der Waals surface area (Å²) in [4.78, 5) is 10.1. The third kappa shape index (κ3) is 5.55. The molecular formula is C43H34N4. The Morgan fingerprint density at radius 3 is 2.04 bits per heavy atom. The summed E-state index contributed by atoms with van der Waals surface area (Å²) in [6, 6.07) is 55.4. The number of hydrogen-bond acceptors (Lipinski definition) is 3. The van der Waals surface area contributed by atoms with Gasteiger partial charge >= 0.3 is 0 Å². The van der Waals surface area contributed by atoms with Gasteiger partial charge in [0, 0.05) is 23.4 Å². The number of fused-ring (bicyclic) bond motifs is 1. The second kappa shape index (κ2) is 12.4. The summed E-state index contributed by atoms with van der Waals surface area (Å²) in [7, 11) is 0. The first-order valence-corrected chi connectivity index (χ1v) is 16.2. The quantitative estimate of drug-likeness (QED) is 0.196. The Kier molecular flexibility index (Phi) is 7.52. The molecular weight excluding hydrogens is 573 g/mol. The van der Waals surface area contributed by atoms with Crippen LogP contribution < -0.4 is 5.32 Å². The van der Waals surface area contributed by atoms with Crippen molar-refractivity contribution in [2.75, 3.05) is 0 Å². The number of imidazole rings is 1. The second-order valence-electron chi connectivity index (χ2n) is 11.8. The molecule has 4 heteroatoms. The van der Waals surface area contributed by atoms with Crippen molar-refractivity contribution >= 4 is 22.6 Å². The van der Waals surface area contributed by atoms with Crippen molar-refractivity contribution in [3.63, 3.8) is 0 Å². The molecule has 1 aliphatic rings. The summed E-state index contributed by atoms with van der Waals surface area (Å²) in [6.45, 7) is 2.16. The molecule has 2 heterocycles. The maximum absolute atomic E-state index is 5.26. The number of benzene rings is 6. The van der Waals surface area contributed by atoms with E-state index in [0.29, 0.717) is 0 Å². The Morgan fingerprint density at radius 2 is 1.26 bits per heavy atom. The largest absolute Gasteiger partial charge is 0.340 e. The summed E-state index contributed by atoms with van der Waals surface area (Å²) in [5, 5.41) is 3.61. The average molecular weight is 607 g/mol. The van der Waals surface area contributed by atoms with E-state index in [2.05, 4.69) is 168 Å². The molecule has 0 aliphatic carbocycles. The summed E-state index contributed by atoms with van der Waals surface area (Å²) in [6.07, 6.45) is 3.11. The van der Waals surface area contributed by atoms with Crippen molar-refractivity contribution in [1.82, 2.24) is 14.9 Å². The summed E-state index contributed by atoms with van der Waals surface area (Å²) in [5.41, 5.74) is 12.4. The molecule has 6 aromatic carbocycles. The molecule has 1 unspecified atom stereocenters. The van der Waals surface area contributed by atoms with E-state index in [9.17, 15) is 0 Å². The highest BCUT2D eigenvalue weighted by Crippen LogP contribution is 2.36. The number of aryl methyl sites for hydroxylation is 1. The maximum Gasteiger partial charge on any atom is 0.133 e. The van der Waals surface area contributed by atoms with Crippen LogP contribution in [0.3, 0.4) is 0 Å². The van der Waals surface area contributed by atoms with Crippen LogP contribution in [0.2, 0.25) is 0 Å². The van der Waals surface area contributed by atoms with Crippen LogP contribution in [0.15, 0.2) is 169 Å².